The lowest BCUT2D eigenvalue weighted by Crippen LogP contribution is -2.51. The van der Waals surface area contributed by atoms with E-state index in [0.717, 1.165) is 5.56 Å². The zero-order chi connectivity index (χ0) is 30.8. The van der Waals surface area contributed by atoms with Crippen molar-refractivity contribution in [3.8, 4) is 0 Å². The third-order valence-electron chi connectivity index (χ3n) is 5.91. The van der Waals surface area contributed by atoms with Crippen molar-refractivity contribution in [3.05, 3.63) is 71.8 Å². The van der Waals surface area contributed by atoms with Gasteiger partial charge in [-0.1, -0.05) is 80.1 Å². The number of hydrogen-bond acceptors (Lipinski definition) is 5. The van der Waals surface area contributed by atoms with Crippen LogP contribution in [-0.4, -0.2) is 74.5 Å². The predicted molar refractivity (Wildman–Crippen MR) is 168 cm³/mol. The summed E-state index contributed by atoms with van der Waals surface area (Å²) in [5, 5.41) is 14.1. The van der Waals surface area contributed by atoms with Gasteiger partial charge in [0.2, 0.25) is 23.4 Å². The molecule has 0 saturated heterocycles. The lowest BCUT2D eigenvalue weighted by atomic mass is 10.1. The van der Waals surface area contributed by atoms with Gasteiger partial charge in [-0.25, -0.2) is 0 Å². The Hall–Kier alpha value is -3.29. The van der Waals surface area contributed by atoms with E-state index in [0.29, 0.717) is 25.7 Å². The SMILES string of the molecule is CNCCNC(=O)C(Cc1ccccc1)NC(=O)CNC(=O)P(C)CC(C)(C)NC(=O)C(C)C.Cc1ccccc1. The van der Waals surface area contributed by atoms with Gasteiger partial charge in [0.1, 0.15) is 6.04 Å². The van der Waals surface area contributed by atoms with Gasteiger partial charge < -0.3 is 26.6 Å². The third-order valence-corrected chi connectivity index (χ3v) is 8.03. The molecule has 0 spiro atoms. The summed E-state index contributed by atoms with van der Waals surface area (Å²) < 4.78 is 0. The average Bonchev–Trinajstić information content (AvgIpc) is 2.92. The Labute approximate surface area is 246 Å². The van der Waals surface area contributed by atoms with Crippen LogP contribution in [0, 0.1) is 12.8 Å². The summed E-state index contributed by atoms with van der Waals surface area (Å²) in [6, 6.07) is 18.9. The summed E-state index contributed by atoms with van der Waals surface area (Å²) >= 11 is 0. The Morgan fingerprint density at radius 2 is 1.44 bits per heavy atom. The van der Waals surface area contributed by atoms with Gasteiger partial charge in [-0.3, -0.25) is 19.2 Å². The molecule has 226 valence electrons. The zero-order valence-corrected chi connectivity index (χ0v) is 26.4. The molecule has 2 aromatic carbocycles. The van der Waals surface area contributed by atoms with E-state index in [4.69, 9.17) is 0 Å². The fourth-order valence-corrected chi connectivity index (χ4v) is 5.50. The Morgan fingerprint density at radius 1 is 0.854 bits per heavy atom. The molecule has 2 rings (SSSR count). The van der Waals surface area contributed by atoms with E-state index in [1.807, 2.05) is 82.9 Å². The van der Waals surface area contributed by atoms with Crippen LogP contribution in [0.5, 0.6) is 0 Å². The number of likely N-dealkylation sites (N-methyl/N-ethyl adjacent to an activating group) is 1. The Kier molecular flexibility index (Phi) is 16.5. The van der Waals surface area contributed by atoms with Gasteiger partial charge in [0, 0.05) is 31.0 Å². The molecule has 0 saturated carbocycles. The number of amides is 4. The van der Waals surface area contributed by atoms with Crippen molar-refractivity contribution in [3.63, 3.8) is 0 Å². The van der Waals surface area contributed by atoms with E-state index in [2.05, 4.69) is 45.6 Å². The Balaban J connectivity index is 0.00000104. The molecule has 2 aromatic rings. The molecule has 0 aromatic heterocycles. The molecule has 10 heteroatoms. The first-order valence-corrected chi connectivity index (χ1v) is 15.9. The van der Waals surface area contributed by atoms with Crippen LogP contribution in [0.2, 0.25) is 0 Å². The molecule has 0 heterocycles. The highest BCUT2D eigenvalue weighted by molar-refractivity contribution is 7.74. The van der Waals surface area contributed by atoms with Crippen LogP contribution in [0.25, 0.3) is 0 Å². The molecule has 2 unspecified atom stereocenters. The van der Waals surface area contributed by atoms with Crippen molar-refractivity contribution in [1.29, 1.82) is 0 Å². The van der Waals surface area contributed by atoms with Crippen LogP contribution in [0.4, 0.5) is 4.79 Å². The van der Waals surface area contributed by atoms with Crippen LogP contribution in [0.1, 0.15) is 38.8 Å². The van der Waals surface area contributed by atoms with Gasteiger partial charge in [-0.2, -0.15) is 0 Å². The minimum atomic E-state index is -1.12. The van der Waals surface area contributed by atoms with E-state index in [1.165, 1.54) is 5.56 Å². The zero-order valence-electron chi connectivity index (χ0n) is 25.5. The summed E-state index contributed by atoms with van der Waals surface area (Å²) in [6.07, 6.45) is 0.828. The average molecular weight is 586 g/mol. The standard InChI is InChI=1S/C24H40N5O4P.C7H8/c1-17(2)21(31)29-24(3,4)16-34(6)23(33)27-15-20(30)28-19(22(32)26-13-12-25-5)14-18-10-8-7-9-11-18;1-7-5-3-2-4-6-7/h7-11,17,19,25H,12-16H2,1-6H3,(H,26,32)(H,27,33)(H,28,30)(H,29,31);2-6H,1H3. The van der Waals surface area contributed by atoms with E-state index in [-0.39, 0.29) is 29.9 Å². The molecule has 0 bridgehead atoms. The maximum absolute atomic E-state index is 12.6. The lowest BCUT2D eigenvalue weighted by molar-refractivity contribution is -0.128. The summed E-state index contributed by atoms with van der Waals surface area (Å²) in [5.41, 5.74) is 1.48. The van der Waals surface area contributed by atoms with Gasteiger partial charge in [0.05, 0.1) is 6.54 Å². The topological polar surface area (TPSA) is 128 Å². The number of aryl methyl sites for hydroxylation is 1. The fraction of sp³-hybridized carbons (Fsp3) is 0.484. The van der Waals surface area contributed by atoms with Crippen LogP contribution < -0.4 is 26.6 Å². The number of carbonyl (C=O) groups is 4. The second-order valence-electron chi connectivity index (χ2n) is 10.9. The van der Waals surface area contributed by atoms with E-state index < -0.39 is 25.4 Å². The summed E-state index contributed by atoms with van der Waals surface area (Å²) in [5.74, 6) is -0.919. The first-order valence-electron chi connectivity index (χ1n) is 13.9. The number of rotatable bonds is 14. The Morgan fingerprint density at radius 3 is 1.95 bits per heavy atom. The van der Waals surface area contributed by atoms with Gasteiger partial charge in [0.25, 0.3) is 0 Å². The molecule has 5 N–H and O–H groups in total. The minimum Gasteiger partial charge on any atom is -0.353 e. The monoisotopic (exact) mass is 585 g/mol. The largest absolute Gasteiger partial charge is 0.353 e. The van der Waals surface area contributed by atoms with Gasteiger partial charge >= 0.3 is 0 Å². The number of nitrogens with one attached hydrogen (secondary N) is 5. The highest BCUT2D eigenvalue weighted by atomic mass is 31.1. The Bertz CT molecular complexity index is 1080. The van der Waals surface area contributed by atoms with Gasteiger partial charge in [-0.15, -0.1) is 0 Å². The van der Waals surface area contributed by atoms with Crippen molar-refractivity contribution in [2.75, 3.05) is 39.5 Å². The second-order valence-corrected chi connectivity index (χ2v) is 13.0. The fourth-order valence-electron chi connectivity index (χ4n) is 3.75. The summed E-state index contributed by atoms with van der Waals surface area (Å²) in [6.45, 7) is 12.1. The number of carbonyl (C=O) groups excluding carboxylic acids is 4. The first-order chi connectivity index (χ1) is 19.3. The van der Waals surface area contributed by atoms with Crippen LogP contribution in [0.3, 0.4) is 0 Å². The second kappa shape index (κ2) is 18.9. The van der Waals surface area contributed by atoms with E-state index in [1.54, 1.807) is 7.05 Å². The van der Waals surface area contributed by atoms with Crippen molar-refractivity contribution in [2.24, 2.45) is 5.92 Å². The highest BCUT2D eigenvalue weighted by Crippen LogP contribution is 2.35. The first kappa shape index (κ1) is 35.7. The molecule has 2 atom stereocenters. The molecular formula is C31H48N5O4P. The number of benzene rings is 2. The van der Waals surface area contributed by atoms with Crippen molar-refractivity contribution < 1.29 is 19.2 Å². The van der Waals surface area contributed by atoms with Crippen molar-refractivity contribution in [2.45, 2.75) is 52.6 Å². The minimum absolute atomic E-state index is 0.0642. The highest BCUT2D eigenvalue weighted by Gasteiger charge is 2.28. The summed E-state index contributed by atoms with van der Waals surface area (Å²) in [4.78, 5) is 49.7. The maximum atomic E-state index is 12.6. The molecule has 41 heavy (non-hydrogen) atoms. The molecule has 9 nitrogen and oxygen atoms in total. The van der Waals surface area contributed by atoms with E-state index in [9.17, 15) is 19.2 Å². The third kappa shape index (κ3) is 15.9. The van der Waals surface area contributed by atoms with Crippen molar-refractivity contribution in [1.82, 2.24) is 26.6 Å². The molecular weight excluding hydrogens is 537 g/mol. The van der Waals surface area contributed by atoms with Gasteiger partial charge in [-0.05, 0) is 54.1 Å². The molecule has 0 aliphatic rings. The number of hydrogen-bond donors (Lipinski definition) is 5. The van der Waals surface area contributed by atoms with Crippen molar-refractivity contribution >= 4 is 31.3 Å². The maximum Gasteiger partial charge on any atom is 0.242 e. The van der Waals surface area contributed by atoms with Crippen LogP contribution in [-0.2, 0) is 20.8 Å². The van der Waals surface area contributed by atoms with Crippen LogP contribution >= 0.6 is 7.92 Å². The lowest BCUT2D eigenvalue weighted by Gasteiger charge is -2.29. The summed E-state index contributed by atoms with van der Waals surface area (Å²) in [7, 11) is 0.668. The van der Waals surface area contributed by atoms with Gasteiger partial charge in [0.15, 0.2) is 0 Å². The molecule has 0 aliphatic heterocycles. The normalized spacial score (nSPS) is 12.3. The molecule has 0 aliphatic carbocycles. The molecule has 0 radical (unpaired) electrons. The quantitative estimate of drug-likeness (QED) is 0.172. The van der Waals surface area contributed by atoms with Crippen LogP contribution in [0.15, 0.2) is 60.7 Å². The smallest absolute Gasteiger partial charge is 0.242 e. The predicted octanol–water partition coefficient (Wildman–Crippen LogP) is 3.42. The molecule has 4 amide bonds. The van der Waals surface area contributed by atoms with E-state index >= 15 is 0 Å². The molecule has 0 fully saturated rings.